The summed E-state index contributed by atoms with van der Waals surface area (Å²) < 4.78 is 44.9. The highest BCUT2D eigenvalue weighted by atomic mass is 32.2. The minimum atomic E-state index is -3.71. The lowest BCUT2D eigenvalue weighted by atomic mass is 10.0. The van der Waals surface area contributed by atoms with Gasteiger partial charge in [-0.1, -0.05) is 26.0 Å². The van der Waals surface area contributed by atoms with Gasteiger partial charge in [-0.05, 0) is 55.2 Å². The van der Waals surface area contributed by atoms with Crippen molar-refractivity contribution in [3.8, 4) is 17.2 Å². The summed E-state index contributed by atoms with van der Waals surface area (Å²) in [6.45, 7) is 7.69. The molecule has 0 amide bonds. The number of sulfonamides is 1. The fourth-order valence-corrected chi connectivity index (χ4v) is 4.40. The van der Waals surface area contributed by atoms with Crippen LogP contribution in [0.5, 0.6) is 17.2 Å². The van der Waals surface area contributed by atoms with Crippen LogP contribution in [0.1, 0.15) is 37.8 Å². The van der Waals surface area contributed by atoms with Crippen molar-refractivity contribution < 1.29 is 22.6 Å². The van der Waals surface area contributed by atoms with Crippen LogP contribution < -0.4 is 18.9 Å². The summed E-state index contributed by atoms with van der Waals surface area (Å²) in [6.07, 6.45) is 0. The minimum absolute atomic E-state index is 0.135. The van der Waals surface area contributed by atoms with Crippen molar-refractivity contribution in [2.45, 2.75) is 44.6 Å². The van der Waals surface area contributed by atoms with Crippen LogP contribution in [0.2, 0.25) is 0 Å². The predicted molar refractivity (Wildman–Crippen MR) is 110 cm³/mol. The van der Waals surface area contributed by atoms with Gasteiger partial charge in [0.15, 0.2) is 11.5 Å². The zero-order valence-electron chi connectivity index (χ0n) is 17.3. The van der Waals surface area contributed by atoms with E-state index >= 15 is 0 Å². The number of aryl methyl sites for hydroxylation is 1. The Morgan fingerprint density at radius 1 is 0.964 bits per heavy atom. The number of hydrogen-bond donors (Lipinski definition) is 1. The third-order valence-corrected chi connectivity index (χ3v) is 6.08. The van der Waals surface area contributed by atoms with Gasteiger partial charge in [0.2, 0.25) is 10.0 Å². The van der Waals surface area contributed by atoms with Crippen LogP contribution in [0.3, 0.4) is 0 Å². The third-order valence-electron chi connectivity index (χ3n) is 4.35. The second-order valence-corrected chi connectivity index (χ2v) is 8.68. The molecule has 0 aliphatic heterocycles. The zero-order valence-corrected chi connectivity index (χ0v) is 18.1. The molecule has 0 fully saturated rings. The molecule has 154 valence electrons. The van der Waals surface area contributed by atoms with Gasteiger partial charge >= 0.3 is 0 Å². The summed E-state index contributed by atoms with van der Waals surface area (Å²) in [6, 6.07) is 10.3. The summed E-state index contributed by atoms with van der Waals surface area (Å²) in [5.41, 5.74) is 1.48. The Balaban J connectivity index is 2.17. The average molecular weight is 408 g/mol. The molecule has 7 heteroatoms. The summed E-state index contributed by atoms with van der Waals surface area (Å²) in [5, 5.41) is 0. The highest BCUT2D eigenvalue weighted by Gasteiger charge is 2.23. The Morgan fingerprint density at radius 3 is 2.14 bits per heavy atom. The molecule has 0 bridgehead atoms. The number of hydrogen-bond acceptors (Lipinski definition) is 5. The molecule has 0 radical (unpaired) electrons. The number of benzene rings is 2. The highest BCUT2D eigenvalue weighted by Crippen LogP contribution is 2.31. The zero-order chi connectivity index (χ0) is 20.9. The Morgan fingerprint density at radius 2 is 1.57 bits per heavy atom. The number of ether oxygens (including phenoxy) is 3. The lowest BCUT2D eigenvalue weighted by molar-refractivity contribution is 0.271. The molecule has 0 saturated heterocycles. The van der Waals surface area contributed by atoms with Crippen LogP contribution in [0.25, 0.3) is 0 Å². The van der Waals surface area contributed by atoms with Crippen molar-refractivity contribution in [2.75, 3.05) is 20.8 Å². The summed E-state index contributed by atoms with van der Waals surface area (Å²) in [7, 11) is -0.558. The smallest absolute Gasteiger partial charge is 0.241 e. The molecule has 0 aromatic heterocycles. The normalized spacial score (nSPS) is 12.7. The monoisotopic (exact) mass is 407 g/mol. The lowest BCUT2D eigenvalue weighted by Crippen LogP contribution is -2.37. The van der Waals surface area contributed by atoms with Gasteiger partial charge in [0, 0.05) is 0 Å². The van der Waals surface area contributed by atoms with E-state index < -0.39 is 16.1 Å². The SMILES string of the molecule is COc1ccccc1OC[C@H](C)NS(=O)(=O)c1cc(C(C)C)c(OC)cc1C. The van der Waals surface area contributed by atoms with Gasteiger partial charge in [0.1, 0.15) is 12.4 Å². The molecule has 0 spiro atoms. The molecule has 0 aliphatic carbocycles. The topological polar surface area (TPSA) is 73.9 Å². The van der Waals surface area contributed by atoms with Crippen molar-refractivity contribution in [3.63, 3.8) is 0 Å². The molecule has 2 rings (SSSR count). The van der Waals surface area contributed by atoms with Gasteiger partial charge in [-0.15, -0.1) is 0 Å². The summed E-state index contributed by atoms with van der Waals surface area (Å²) in [5.74, 6) is 2.00. The van der Waals surface area contributed by atoms with Crippen molar-refractivity contribution in [2.24, 2.45) is 0 Å². The van der Waals surface area contributed by atoms with E-state index in [4.69, 9.17) is 14.2 Å². The van der Waals surface area contributed by atoms with Crippen molar-refractivity contribution >= 4 is 10.0 Å². The van der Waals surface area contributed by atoms with Gasteiger partial charge in [-0.3, -0.25) is 0 Å². The Labute approximate surface area is 167 Å². The molecule has 1 N–H and O–H groups in total. The quantitative estimate of drug-likeness (QED) is 0.683. The van der Waals surface area contributed by atoms with E-state index in [1.165, 1.54) is 0 Å². The Hall–Kier alpha value is -2.25. The van der Waals surface area contributed by atoms with Crippen LogP contribution in [-0.4, -0.2) is 35.3 Å². The van der Waals surface area contributed by atoms with Crippen LogP contribution >= 0.6 is 0 Å². The molecule has 0 saturated carbocycles. The van der Waals surface area contributed by atoms with Gasteiger partial charge in [-0.2, -0.15) is 0 Å². The first-order valence-corrected chi connectivity index (χ1v) is 10.6. The molecule has 2 aromatic rings. The second kappa shape index (κ2) is 9.30. The van der Waals surface area contributed by atoms with E-state index in [0.29, 0.717) is 22.8 Å². The first-order chi connectivity index (χ1) is 13.2. The largest absolute Gasteiger partial charge is 0.496 e. The van der Waals surface area contributed by atoms with E-state index in [9.17, 15) is 8.42 Å². The number of nitrogens with one attached hydrogen (secondary N) is 1. The number of rotatable bonds is 9. The van der Waals surface area contributed by atoms with Crippen LogP contribution in [0, 0.1) is 6.92 Å². The van der Waals surface area contributed by atoms with Crippen LogP contribution in [0.15, 0.2) is 41.3 Å². The first kappa shape index (κ1) is 22.0. The minimum Gasteiger partial charge on any atom is -0.496 e. The molecule has 0 unspecified atom stereocenters. The molecule has 28 heavy (non-hydrogen) atoms. The van der Waals surface area contributed by atoms with Crippen LogP contribution in [-0.2, 0) is 10.0 Å². The van der Waals surface area contributed by atoms with E-state index in [2.05, 4.69) is 4.72 Å². The fourth-order valence-electron chi connectivity index (χ4n) is 2.91. The van der Waals surface area contributed by atoms with Crippen molar-refractivity contribution in [1.82, 2.24) is 4.72 Å². The molecule has 0 aliphatic rings. The maximum atomic E-state index is 12.9. The number of para-hydroxylation sites is 2. The van der Waals surface area contributed by atoms with E-state index in [1.54, 1.807) is 52.3 Å². The van der Waals surface area contributed by atoms with Gasteiger partial charge in [-0.25, -0.2) is 13.1 Å². The molecule has 1 atom stereocenters. The van der Waals surface area contributed by atoms with E-state index in [-0.39, 0.29) is 17.4 Å². The Bertz CT molecular complexity index is 909. The molecular formula is C21H29NO5S. The number of methoxy groups -OCH3 is 2. The highest BCUT2D eigenvalue weighted by molar-refractivity contribution is 7.89. The van der Waals surface area contributed by atoms with Crippen molar-refractivity contribution in [3.05, 3.63) is 47.5 Å². The standard InChI is InChI=1S/C21H29NO5S/c1-14(2)17-12-21(15(3)11-20(17)26-6)28(23,24)22-16(4)13-27-19-10-8-7-9-18(19)25-5/h7-12,14,16,22H,13H2,1-6H3/t16-/m0/s1. The summed E-state index contributed by atoms with van der Waals surface area (Å²) >= 11 is 0. The van der Waals surface area contributed by atoms with Gasteiger partial charge in [0.25, 0.3) is 0 Å². The Kier molecular flexibility index (Phi) is 7.32. The van der Waals surface area contributed by atoms with E-state index in [1.807, 2.05) is 26.0 Å². The fraction of sp³-hybridized carbons (Fsp3) is 0.429. The molecule has 2 aromatic carbocycles. The molecule has 0 heterocycles. The van der Waals surface area contributed by atoms with Crippen LogP contribution in [0.4, 0.5) is 0 Å². The lowest BCUT2D eigenvalue weighted by Gasteiger charge is -2.19. The maximum absolute atomic E-state index is 12.9. The third kappa shape index (κ3) is 5.17. The molecule has 6 nitrogen and oxygen atoms in total. The maximum Gasteiger partial charge on any atom is 0.241 e. The summed E-state index contributed by atoms with van der Waals surface area (Å²) in [4.78, 5) is 0.251. The van der Waals surface area contributed by atoms with Gasteiger partial charge in [0.05, 0.1) is 25.2 Å². The predicted octanol–water partition coefficient (Wildman–Crippen LogP) is 3.88. The van der Waals surface area contributed by atoms with Gasteiger partial charge < -0.3 is 14.2 Å². The average Bonchev–Trinajstić information content (AvgIpc) is 2.65. The first-order valence-electron chi connectivity index (χ1n) is 9.16. The second-order valence-electron chi connectivity index (χ2n) is 7.00. The molecular weight excluding hydrogens is 378 g/mol. The van der Waals surface area contributed by atoms with E-state index in [0.717, 1.165) is 5.56 Å². The van der Waals surface area contributed by atoms with Crippen molar-refractivity contribution in [1.29, 1.82) is 0 Å².